The minimum atomic E-state index is -0.399. The lowest BCUT2D eigenvalue weighted by Crippen LogP contribution is -2.37. The van der Waals surface area contributed by atoms with Crippen LogP contribution >= 0.6 is 22.7 Å². The van der Waals surface area contributed by atoms with Crippen LogP contribution in [0.5, 0.6) is 0 Å². The van der Waals surface area contributed by atoms with Gasteiger partial charge in [0.05, 0.1) is 16.1 Å². The van der Waals surface area contributed by atoms with Gasteiger partial charge in [0, 0.05) is 11.3 Å². The standard InChI is InChI=1S/C25H17N5O3S2/c1-14-8-10-15(11-9-14)26-19(31)13-29-17-6-3-2-5-16(17)20(23(29)32)21-24(33)30-25(35-21)27-22(28-30)18-7-4-12-34-18/h2-12H,13H2,1H3,(H,26,31)/b21-20-. The number of hydrogen-bond donors (Lipinski definition) is 1. The second-order valence-corrected chi connectivity index (χ2v) is 9.97. The molecule has 35 heavy (non-hydrogen) atoms. The zero-order chi connectivity index (χ0) is 24.1. The molecule has 5 aromatic rings. The number of carbonyl (C=O) groups is 2. The summed E-state index contributed by atoms with van der Waals surface area (Å²) in [7, 11) is 0. The van der Waals surface area contributed by atoms with Crippen LogP contribution in [0.4, 0.5) is 11.4 Å². The average Bonchev–Trinajstić information content (AvgIpc) is 3.62. The lowest BCUT2D eigenvalue weighted by molar-refractivity contribution is -0.118. The maximum absolute atomic E-state index is 13.5. The van der Waals surface area contributed by atoms with E-state index in [1.165, 1.54) is 20.8 Å². The van der Waals surface area contributed by atoms with Crippen LogP contribution in [-0.2, 0) is 9.59 Å². The molecular weight excluding hydrogens is 482 g/mol. The second kappa shape index (κ2) is 8.26. The summed E-state index contributed by atoms with van der Waals surface area (Å²) < 4.78 is 1.50. The third kappa shape index (κ3) is 3.63. The van der Waals surface area contributed by atoms with E-state index >= 15 is 0 Å². The van der Waals surface area contributed by atoms with Crippen molar-refractivity contribution in [3.05, 3.63) is 92.1 Å². The van der Waals surface area contributed by atoms with Gasteiger partial charge in [-0.3, -0.25) is 19.3 Å². The number of fused-ring (bicyclic) bond motifs is 2. The summed E-state index contributed by atoms with van der Waals surface area (Å²) in [5, 5.41) is 9.10. The Morgan fingerprint density at radius 3 is 2.57 bits per heavy atom. The molecule has 8 nitrogen and oxygen atoms in total. The van der Waals surface area contributed by atoms with Crippen LogP contribution in [0.2, 0.25) is 0 Å². The molecule has 0 atom stereocenters. The van der Waals surface area contributed by atoms with Gasteiger partial charge in [-0.05, 0) is 36.6 Å². The van der Waals surface area contributed by atoms with Gasteiger partial charge in [0.25, 0.3) is 11.5 Å². The first kappa shape index (κ1) is 21.4. The number of rotatable bonds is 4. The van der Waals surface area contributed by atoms with Gasteiger partial charge in [-0.2, -0.15) is 9.50 Å². The number of thiazole rings is 1. The number of aryl methyl sites for hydroxylation is 1. The highest BCUT2D eigenvalue weighted by Crippen LogP contribution is 2.35. The molecule has 1 aliphatic heterocycles. The van der Waals surface area contributed by atoms with Gasteiger partial charge in [0.1, 0.15) is 11.1 Å². The molecule has 6 rings (SSSR count). The van der Waals surface area contributed by atoms with Crippen LogP contribution in [0.3, 0.4) is 0 Å². The largest absolute Gasteiger partial charge is 0.325 e. The number of thiophene rings is 1. The first-order valence-corrected chi connectivity index (χ1v) is 12.4. The maximum Gasteiger partial charge on any atom is 0.291 e. The summed E-state index contributed by atoms with van der Waals surface area (Å²) in [4.78, 5) is 46.7. The van der Waals surface area contributed by atoms with Crippen molar-refractivity contribution in [1.82, 2.24) is 14.6 Å². The van der Waals surface area contributed by atoms with E-state index < -0.39 is 11.5 Å². The monoisotopic (exact) mass is 499 g/mol. The highest BCUT2D eigenvalue weighted by Gasteiger charge is 2.35. The van der Waals surface area contributed by atoms with Crippen LogP contribution < -0.4 is 20.3 Å². The molecular formula is C25H17N5O3S2. The van der Waals surface area contributed by atoms with E-state index in [1.807, 2.05) is 48.7 Å². The van der Waals surface area contributed by atoms with Gasteiger partial charge in [-0.1, -0.05) is 53.3 Å². The number of hydrogen-bond acceptors (Lipinski definition) is 7. The maximum atomic E-state index is 13.5. The molecule has 1 aliphatic rings. The zero-order valence-corrected chi connectivity index (χ0v) is 20.0. The predicted octanol–water partition coefficient (Wildman–Crippen LogP) is 3.09. The van der Waals surface area contributed by atoms with E-state index in [-0.39, 0.29) is 22.6 Å². The zero-order valence-electron chi connectivity index (χ0n) is 18.4. The van der Waals surface area contributed by atoms with Crippen molar-refractivity contribution >= 4 is 56.4 Å². The molecule has 172 valence electrons. The smallest absolute Gasteiger partial charge is 0.291 e. The molecule has 1 N–H and O–H groups in total. The molecule has 0 aliphatic carbocycles. The van der Waals surface area contributed by atoms with Gasteiger partial charge >= 0.3 is 0 Å². The van der Waals surface area contributed by atoms with E-state index in [2.05, 4.69) is 15.4 Å². The third-order valence-corrected chi connectivity index (χ3v) is 7.58. The number of nitrogens with zero attached hydrogens (tertiary/aromatic N) is 4. The quantitative estimate of drug-likeness (QED) is 0.410. The Morgan fingerprint density at radius 2 is 1.83 bits per heavy atom. The van der Waals surface area contributed by atoms with Gasteiger partial charge in [-0.15, -0.1) is 16.4 Å². The number of benzene rings is 2. The summed E-state index contributed by atoms with van der Waals surface area (Å²) >= 11 is 2.62. The SMILES string of the molecule is Cc1ccc(NC(=O)CN2C(=O)/C(=c3\sc4nc(-c5cccs5)nn4c3=O)c3ccccc32)cc1. The van der Waals surface area contributed by atoms with Crippen molar-refractivity contribution in [3.8, 4) is 10.7 Å². The molecule has 3 aromatic heterocycles. The molecule has 2 amide bonds. The first-order chi connectivity index (χ1) is 17.0. The summed E-state index contributed by atoms with van der Waals surface area (Å²) in [5.41, 5.74) is 2.80. The van der Waals surface area contributed by atoms with E-state index in [1.54, 1.807) is 24.3 Å². The molecule has 0 bridgehead atoms. The Labute approximate surface area is 206 Å². The van der Waals surface area contributed by atoms with Crippen LogP contribution in [0, 0.1) is 6.92 Å². The lowest BCUT2D eigenvalue weighted by Gasteiger charge is -2.16. The van der Waals surface area contributed by atoms with E-state index in [9.17, 15) is 14.4 Å². The second-order valence-electron chi connectivity index (χ2n) is 8.04. The van der Waals surface area contributed by atoms with Crippen molar-refractivity contribution < 1.29 is 9.59 Å². The Balaban J connectivity index is 1.39. The minimum Gasteiger partial charge on any atom is -0.325 e. The lowest BCUT2D eigenvalue weighted by atomic mass is 10.1. The molecule has 0 saturated heterocycles. The number of nitrogens with one attached hydrogen (secondary N) is 1. The molecule has 0 saturated carbocycles. The summed E-state index contributed by atoms with van der Waals surface area (Å²) in [6.45, 7) is 1.79. The van der Waals surface area contributed by atoms with Crippen LogP contribution in [0.1, 0.15) is 11.1 Å². The highest BCUT2D eigenvalue weighted by atomic mass is 32.1. The fourth-order valence-corrected chi connectivity index (χ4v) is 5.68. The van der Waals surface area contributed by atoms with Crippen molar-refractivity contribution in [3.63, 3.8) is 0 Å². The normalized spacial score (nSPS) is 14.5. The van der Waals surface area contributed by atoms with E-state index in [0.717, 1.165) is 21.8 Å². The number of aromatic nitrogens is 3. The molecule has 0 spiro atoms. The Morgan fingerprint density at radius 1 is 1.03 bits per heavy atom. The Bertz CT molecular complexity index is 1720. The third-order valence-electron chi connectivity index (χ3n) is 5.69. The fourth-order valence-electron chi connectivity index (χ4n) is 4.03. The molecule has 0 radical (unpaired) electrons. The predicted molar refractivity (Wildman–Crippen MR) is 137 cm³/mol. The fraction of sp³-hybridized carbons (Fsp3) is 0.0800. The first-order valence-electron chi connectivity index (χ1n) is 10.7. The van der Waals surface area contributed by atoms with Crippen molar-refractivity contribution in [2.24, 2.45) is 0 Å². The number of para-hydroxylation sites is 1. The van der Waals surface area contributed by atoms with Crippen LogP contribution in [-0.4, -0.2) is 33.0 Å². The molecule has 2 aromatic carbocycles. The topological polar surface area (TPSA) is 96.7 Å². The number of amides is 2. The average molecular weight is 500 g/mol. The Kier molecular flexibility index (Phi) is 5.05. The summed E-state index contributed by atoms with van der Waals surface area (Å²) in [5.74, 6) is -0.248. The van der Waals surface area contributed by atoms with E-state index in [4.69, 9.17) is 0 Å². The van der Waals surface area contributed by atoms with Gasteiger partial charge < -0.3 is 5.32 Å². The Hall–Kier alpha value is -4.15. The van der Waals surface area contributed by atoms with Gasteiger partial charge in [-0.25, -0.2) is 0 Å². The van der Waals surface area contributed by atoms with E-state index in [0.29, 0.717) is 27.7 Å². The molecule has 10 heteroatoms. The van der Waals surface area contributed by atoms with Crippen LogP contribution in [0.15, 0.2) is 70.8 Å². The summed E-state index contributed by atoms with van der Waals surface area (Å²) in [6.07, 6.45) is 0. The summed E-state index contributed by atoms with van der Waals surface area (Å²) in [6, 6.07) is 18.4. The molecule has 0 fully saturated rings. The number of carbonyl (C=O) groups excluding carboxylic acids is 2. The van der Waals surface area contributed by atoms with Crippen molar-refractivity contribution in [2.45, 2.75) is 6.92 Å². The van der Waals surface area contributed by atoms with Crippen LogP contribution in [0.25, 0.3) is 21.2 Å². The minimum absolute atomic E-state index is 0.176. The van der Waals surface area contributed by atoms with Gasteiger partial charge in [0.2, 0.25) is 10.9 Å². The van der Waals surface area contributed by atoms with Crippen molar-refractivity contribution in [2.75, 3.05) is 16.8 Å². The van der Waals surface area contributed by atoms with Gasteiger partial charge in [0.15, 0.2) is 5.82 Å². The molecule has 4 heterocycles. The highest BCUT2D eigenvalue weighted by molar-refractivity contribution is 7.15. The molecule has 0 unspecified atom stereocenters. The number of anilines is 2. The van der Waals surface area contributed by atoms with Crippen molar-refractivity contribution in [1.29, 1.82) is 0 Å².